The van der Waals surface area contributed by atoms with Gasteiger partial charge in [0, 0.05) is 56.3 Å². The van der Waals surface area contributed by atoms with Gasteiger partial charge in [0.2, 0.25) is 5.91 Å². The van der Waals surface area contributed by atoms with Crippen molar-refractivity contribution in [3.63, 3.8) is 0 Å². The van der Waals surface area contributed by atoms with Crippen molar-refractivity contribution in [3.8, 4) is 0 Å². The molecule has 0 unspecified atom stereocenters. The number of aromatic nitrogens is 2. The van der Waals surface area contributed by atoms with E-state index in [1.54, 1.807) is 11.3 Å². The van der Waals surface area contributed by atoms with E-state index >= 15 is 0 Å². The number of nitrogens with zero attached hydrogens (tertiary/aromatic N) is 4. The molecule has 1 aliphatic heterocycles. The Balaban J connectivity index is 1.44. The largest absolute Gasteiger partial charge is 0.340 e. The van der Waals surface area contributed by atoms with E-state index in [1.165, 1.54) is 8.66 Å². The Kier molecular flexibility index (Phi) is 5.73. The molecule has 3 rings (SSSR count). The molecule has 3 heterocycles. The van der Waals surface area contributed by atoms with Crippen molar-refractivity contribution in [3.05, 3.63) is 38.3 Å². The Bertz CT molecular complexity index is 703. The van der Waals surface area contributed by atoms with Crippen LogP contribution in [0.2, 0.25) is 0 Å². The van der Waals surface area contributed by atoms with Crippen LogP contribution in [0.5, 0.6) is 0 Å². The van der Waals surface area contributed by atoms with Crippen molar-refractivity contribution in [1.82, 2.24) is 19.6 Å². The van der Waals surface area contributed by atoms with Crippen molar-refractivity contribution in [1.29, 1.82) is 0 Å². The van der Waals surface area contributed by atoms with Crippen molar-refractivity contribution >= 4 is 33.2 Å². The second-order valence-electron chi connectivity index (χ2n) is 6.26. The fraction of sp³-hybridized carbons (Fsp3) is 0.529. The van der Waals surface area contributed by atoms with Gasteiger partial charge in [0.05, 0.1) is 9.48 Å². The topological polar surface area (TPSA) is 41.4 Å². The van der Waals surface area contributed by atoms with E-state index in [9.17, 15) is 4.79 Å². The van der Waals surface area contributed by atoms with Crippen LogP contribution in [-0.4, -0.2) is 51.7 Å². The van der Waals surface area contributed by atoms with Crippen molar-refractivity contribution in [2.45, 2.75) is 33.4 Å². The monoisotopic (exact) mass is 410 g/mol. The highest BCUT2D eigenvalue weighted by Crippen LogP contribution is 2.23. The average Bonchev–Trinajstić information content (AvgIpc) is 3.10. The van der Waals surface area contributed by atoms with E-state index in [-0.39, 0.29) is 5.91 Å². The van der Waals surface area contributed by atoms with Crippen LogP contribution < -0.4 is 0 Å². The molecule has 1 saturated heterocycles. The Hall–Kier alpha value is -1.18. The van der Waals surface area contributed by atoms with Gasteiger partial charge in [-0.15, -0.1) is 11.3 Å². The maximum absolute atomic E-state index is 12.4. The molecule has 0 radical (unpaired) electrons. The second kappa shape index (κ2) is 7.80. The average molecular weight is 411 g/mol. The van der Waals surface area contributed by atoms with Crippen LogP contribution >= 0.6 is 27.3 Å². The lowest BCUT2D eigenvalue weighted by Crippen LogP contribution is -2.48. The molecule has 0 aromatic carbocycles. The highest BCUT2D eigenvalue weighted by molar-refractivity contribution is 9.11. The summed E-state index contributed by atoms with van der Waals surface area (Å²) in [5.41, 5.74) is 2.13. The van der Waals surface area contributed by atoms with Gasteiger partial charge >= 0.3 is 0 Å². The molecule has 0 spiro atoms. The van der Waals surface area contributed by atoms with Crippen LogP contribution in [0.15, 0.2) is 22.0 Å². The Labute approximate surface area is 155 Å². The fourth-order valence-electron chi connectivity index (χ4n) is 3.07. The summed E-state index contributed by atoms with van der Waals surface area (Å²) >= 11 is 5.29. The number of thiophene rings is 1. The van der Waals surface area contributed by atoms with Gasteiger partial charge in [-0.1, -0.05) is 0 Å². The van der Waals surface area contributed by atoms with Crippen molar-refractivity contribution < 1.29 is 4.79 Å². The molecule has 130 valence electrons. The quantitative estimate of drug-likeness (QED) is 0.760. The molecule has 2 aromatic rings. The molecule has 1 aliphatic rings. The second-order valence-corrected chi connectivity index (χ2v) is 8.81. The van der Waals surface area contributed by atoms with Gasteiger partial charge in [-0.2, -0.15) is 5.10 Å². The third-order valence-corrected chi connectivity index (χ3v) is 5.98. The molecule has 1 amide bonds. The van der Waals surface area contributed by atoms with Crippen molar-refractivity contribution in [2.24, 2.45) is 0 Å². The third kappa shape index (κ3) is 4.46. The van der Waals surface area contributed by atoms with Gasteiger partial charge in [-0.3, -0.25) is 14.4 Å². The number of hydrogen-bond acceptors (Lipinski definition) is 4. The summed E-state index contributed by atoms with van der Waals surface area (Å²) in [5.74, 6) is 0.237. The Morgan fingerprint density at radius 3 is 2.58 bits per heavy atom. The molecule has 0 atom stereocenters. The summed E-state index contributed by atoms with van der Waals surface area (Å²) in [4.78, 5) is 18.2. The summed E-state index contributed by atoms with van der Waals surface area (Å²) in [6.45, 7) is 9.20. The van der Waals surface area contributed by atoms with E-state index in [2.05, 4.69) is 38.1 Å². The van der Waals surface area contributed by atoms with Crippen LogP contribution in [0.4, 0.5) is 0 Å². The number of aryl methyl sites for hydroxylation is 3. The van der Waals surface area contributed by atoms with Gasteiger partial charge < -0.3 is 4.90 Å². The minimum atomic E-state index is 0.237. The molecule has 1 fully saturated rings. The molecule has 0 saturated carbocycles. The first-order chi connectivity index (χ1) is 11.5. The SMILES string of the molecule is Cc1cc(C)n(CCC(=O)N2CCN(Cc3ccc(Br)s3)CC2)n1. The zero-order chi connectivity index (χ0) is 17.1. The molecular formula is C17H23BrN4OS. The molecule has 0 bridgehead atoms. The minimum Gasteiger partial charge on any atom is -0.340 e. The van der Waals surface area contributed by atoms with Gasteiger partial charge in [0.1, 0.15) is 0 Å². The smallest absolute Gasteiger partial charge is 0.224 e. The number of piperazine rings is 1. The highest BCUT2D eigenvalue weighted by Gasteiger charge is 2.21. The summed E-state index contributed by atoms with van der Waals surface area (Å²) in [7, 11) is 0. The summed E-state index contributed by atoms with van der Waals surface area (Å²) in [5, 5.41) is 4.42. The normalized spacial score (nSPS) is 15.9. The van der Waals surface area contributed by atoms with Gasteiger partial charge in [0.15, 0.2) is 0 Å². The lowest BCUT2D eigenvalue weighted by Gasteiger charge is -2.34. The molecule has 5 nitrogen and oxygen atoms in total. The first-order valence-corrected chi connectivity index (χ1v) is 9.87. The van der Waals surface area contributed by atoms with E-state index in [0.717, 1.165) is 44.1 Å². The molecule has 0 aliphatic carbocycles. The number of hydrogen-bond donors (Lipinski definition) is 0. The lowest BCUT2D eigenvalue weighted by atomic mass is 10.2. The zero-order valence-electron chi connectivity index (χ0n) is 14.2. The standard InChI is InChI=1S/C17H23BrN4OS/c1-13-11-14(2)22(19-13)6-5-17(23)21-9-7-20(8-10-21)12-15-3-4-16(18)24-15/h3-4,11H,5-10,12H2,1-2H3. The third-order valence-electron chi connectivity index (χ3n) is 4.37. The minimum absolute atomic E-state index is 0.237. The maximum Gasteiger partial charge on any atom is 0.224 e. The number of carbonyl (C=O) groups is 1. The molecule has 2 aromatic heterocycles. The molecule has 24 heavy (non-hydrogen) atoms. The fourth-order valence-corrected chi connectivity index (χ4v) is 4.60. The van der Waals surface area contributed by atoms with E-state index < -0.39 is 0 Å². The van der Waals surface area contributed by atoms with Crippen LogP contribution in [0.3, 0.4) is 0 Å². The summed E-state index contributed by atoms with van der Waals surface area (Å²) < 4.78 is 3.11. The van der Waals surface area contributed by atoms with Gasteiger partial charge in [0.25, 0.3) is 0 Å². The van der Waals surface area contributed by atoms with Crippen LogP contribution in [-0.2, 0) is 17.9 Å². The number of amides is 1. The van der Waals surface area contributed by atoms with Crippen LogP contribution in [0.1, 0.15) is 22.7 Å². The van der Waals surface area contributed by atoms with E-state index in [0.29, 0.717) is 13.0 Å². The first kappa shape index (κ1) is 17.6. The van der Waals surface area contributed by atoms with Crippen LogP contribution in [0.25, 0.3) is 0 Å². The van der Waals surface area contributed by atoms with E-state index in [1.807, 2.05) is 29.5 Å². The summed E-state index contributed by atoms with van der Waals surface area (Å²) in [6.07, 6.45) is 0.528. The highest BCUT2D eigenvalue weighted by atomic mass is 79.9. The molecular weight excluding hydrogens is 388 g/mol. The van der Waals surface area contributed by atoms with Crippen molar-refractivity contribution in [2.75, 3.05) is 26.2 Å². The first-order valence-electron chi connectivity index (χ1n) is 8.26. The Morgan fingerprint density at radius 1 is 1.25 bits per heavy atom. The number of halogens is 1. The number of carbonyl (C=O) groups excluding carboxylic acids is 1. The summed E-state index contributed by atoms with van der Waals surface area (Å²) in [6, 6.07) is 6.31. The van der Waals surface area contributed by atoms with Gasteiger partial charge in [-0.25, -0.2) is 0 Å². The Morgan fingerprint density at radius 2 is 2.00 bits per heavy atom. The van der Waals surface area contributed by atoms with E-state index in [4.69, 9.17) is 0 Å². The maximum atomic E-state index is 12.4. The zero-order valence-corrected chi connectivity index (χ0v) is 16.6. The number of rotatable bonds is 5. The van der Waals surface area contributed by atoms with Gasteiger partial charge in [-0.05, 0) is 48.0 Å². The predicted molar refractivity (Wildman–Crippen MR) is 100 cm³/mol. The van der Waals surface area contributed by atoms with Crippen LogP contribution in [0, 0.1) is 13.8 Å². The molecule has 7 heteroatoms. The molecule has 0 N–H and O–H groups in total. The predicted octanol–water partition coefficient (Wildman–Crippen LogP) is 3.06. The lowest BCUT2D eigenvalue weighted by molar-refractivity contribution is -0.133.